The summed E-state index contributed by atoms with van der Waals surface area (Å²) in [6.45, 7) is 5.56. The number of nitrogens with zero attached hydrogens (tertiary/aromatic N) is 2. The lowest BCUT2D eigenvalue weighted by Gasteiger charge is -2.17. The number of aromatic nitrogens is 2. The molecule has 0 radical (unpaired) electrons. The van der Waals surface area contributed by atoms with Crippen molar-refractivity contribution >= 4 is 0 Å². The van der Waals surface area contributed by atoms with Crippen LogP contribution in [-0.4, -0.2) is 16.3 Å². The topological polar surface area (TPSA) is 29.9 Å². The molecule has 0 aliphatic rings. The third-order valence-electron chi connectivity index (χ3n) is 3.07. The van der Waals surface area contributed by atoms with E-state index in [9.17, 15) is 8.78 Å². The quantitative estimate of drug-likeness (QED) is 0.879. The SMILES string of the molecule is CCCn1cc(C(NCC)c2cc(F)cc(F)c2)cn1. The molecule has 0 saturated heterocycles. The minimum absolute atomic E-state index is 0.254. The van der Waals surface area contributed by atoms with Gasteiger partial charge in [0, 0.05) is 24.4 Å². The van der Waals surface area contributed by atoms with Gasteiger partial charge in [0.25, 0.3) is 0 Å². The van der Waals surface area contributed by atoms with Crippen molar-refractivity contribution in [3.8, 4) is 0 Å². The molecule has 5 heteroatoms. The molecule has 2 aromatic rings. The molecule has 1 atom stereocenters. The van der Waals surface area contributed by atoms with Crippen LogP contribution in [0.25, 0.3) is 0 Å². The minimum atomic E-state index is -0.566. The van der Waals surface area contributed by atoms with Crippen LogP contribution in [0.4, 0.5) is 8.78 Å². The van der Waals surface area contributed by atoms with E-state index in [1.165, 1.54) is 12.1 Å². The summed E-state index contributed by atoms with van der Waals surface area (Å²) < 4.78 is 28.6. The number of benzene rings is 1. The summed E-state index contributed by atoms with van der Waals surface area (Å²) in [7, 11) is 0. The Morgan fingerprint density at radius 2 is 1.85 bits per heavy atom. The summed E-state index contributed by atoms with van der Waals surface area (Å²) in [5.41, 5.74) is 1.48. The highest BCUT2D eigenvalue weighted by Gasteiger charge is 2.16. The molecule has 0 aliphatic heterocycles. The number of hydrogen-bond acceptors (Lipinski definition) is 2. The number of hydrogen-bond donors (Lipinski definition) is 1. The maximum Gasteiger partial charge on any atom is 0.126 e. The van der Waals surface area contributed by atoms with Gasteiger partial charge in [-0.25, -0.2) is 8.78 Å². The van der Waals surface area contributed by atoms with E-state index in [-0.39, 0.29) is 6.04 Å². The molecule has 1 unspecified atom stereocenters. The number of halogens is 2. The fraction of sp³-hybridized carbons (Fsp3) is 0.400. The number of nitrogens with one attached hydrogen (secondary N) is 1. The van der Waals surface area contributed by atoms with Gasteiger partial charge in [0.05, 0.1) is 12.2 Å². The highest BCUT2D eigenvalue weighted by Crippen LogP contribution is 2.23. The maximum atomic E-state index is 13.4. The molecule has 0 aliphatic carbocycles. The van der Waals surface area contributed by atoms with E-state index < -0.39 is 11.6 Å². The summed E-state index contributed by atoms with van der Waals surface area (Å²) in [5, 5.41) is 7.51. The molecule has 2 rings (SSSR count). The summed E-state index contributed by atoms with van der Waals surface area (Å²) in [4.78, 5) is 0. The fourth-order valence-electron chi connectivity index (χ4n) is 2.25. The Morgan fingerprint density at radius 3 is 2.45 bits per heavy atom. The molecule has 1 aromatic heterocycles. The first-order valence-corrected chi connectivity index (χ1v) is 6.85. The summed E-state index contributed by atoms with van der Waals surface area (Å²) >= 11 is 0. The average Bonchev–Trinajstić information content (AvgIpc) is 2.83. The van der Waals surface area contributed by atoms with Gasteiger partial charge in [0.1, 0.15) is 11.6 Å². The Balaban J connectivity index is 2.33. The average molecular weight is 279 g/mol. The molecule has 0 saturated carbocycles. The van der Waals surface area contributed by atoms with E-state index in [1.54, 1.807) is 6.20 Å². The number of rotatable bonds is 6. The van der Waals surface area contributed by atoms with Crippen LogP contribution in [0.5, 0.6) is 0 Å². The first kappa shape index (κ1) is 14.7. The van der Waals surface area contributed by atoms with E-state index in [1.807, 2.05) is 17.8 Å². The predicted octanol–water partition coefficient (Wildman–Crippen LogP) is 3.27. The Kier molecular flexibility index (Phi) is 4.84. The molecule has 1 aromatic carbocycles. The van der Waals surface area contributed by atoms with Gasteiger partial charge in [-0.1, -0.05) is 13.8 Å². The summed E-state index contributed by atoms with van der Waals surface area (Å²) in [5.74, 6) is -1.13. The lowest BCUT2D eigenvalue weighted by atomic mass is 10.0. The van der Waals surface area contributed by atoms with Gasteiger partial charge in [-0.15, -0.1) is 0 Å². The van der Waals surface area contributed by atoms with Crippen molar-refractivity contribution in [3.63, 3.8) is 0 Å². The van der Waals surface area contributed by atoms with Crippen LogP contribution < -0.4 is 5.32 Å². The highest BCUT2D eigenvalue weighted by molar-refractivity contribution is 5.30. The Bertz CT molecular complexity index is 546. The van der Waals surface area contributed by atoms with Crippen molar-refractivity contribution in [2.24, 2.45) is 0 Å². The third-order valence-corrected chi connectivity index (χ3v) is 3.07. The molecular formula is C15H19F2N3. The zero-order valence-corrected chi connectivity index (χ0v) is 11.7. The minimum Gasteiger partial charge on any atom is -0.306 e. The van der Waals surface area contributed by atoms with E-state index in [4.69, 9.17) is 0 Å². The fourth-order valence-corrected chi connectivity index (χ4v) is 2.25. The second-order valence-electron chi connectivity index (χ2n) is 4.73. The van der Waals surface area contributed by atoms with E-state index in [0.717, 1.165) is 24.6 Å². The summed E-state index contributed by atoms with van der Waals surface area (Å²) in [6, 6.07) is 3.34. The molecule has 20 heavy (non-hydrogen) atoms. The standard InChI is InChI=1S/C15H19F2N3/c1-3-5-20-10-12(9-19-20)15(18-4-2)11-6-13(16)8-14(17)7-11/h6-10,15,18H,3-5H2,1-2H3. The Labute approximate surface area is 117 Å². The summed E-state index contributed by atoms with van der Waals surface area (Å²) in [6.07, 6.45) is 4.65. The van der Waals surface area contributed by atoms with Gasteiger partial charge in [0.2, 0.25) is 0 Å². The second-order valence-corrected chi connectivity index (χ2v) is 4.73. The molecule has 0 amide bonds. The van der Waals surface area contributed by atoms with Gasteiger partial charge in [0.15, 0.2) is 0 Å². The second kappa shape index (κ2) is 6.61. The van der Waals surface area contributed by atoms with Crippen molar-refractivity contribution in [2.45, 2.75) is 32.9 Å². The van der Waals surface area contributed by atoms with Crippen LogP contribution in [0.1, 0.15) is 37.4 Å². The molecule has 108 valence electrons. The first-order chi connectivity index (χ1) is 9.63. The van der Waals surface area contributed by atoms with Crippen molar-refractivity contribution in [3.05, 3.63) is 53.4 Å². The third kappa shape index (κ3) is 3.42. The molecule has 3 nitrogen and oxygen atoms in total. The lowest BCUT2D eigenvalue weighted by molar-refractivity contribution is 0.564. The lowest BCUT2D eigenvalue weighted by Crippen LogP contribution is -2.22. The molecule has 1 heterocycles. The molecule has 0 fully saturated rings. The van der Waals surface area contributed by atoms with Crippen LogP contribution in [0.3, 0.4) is 0 Å². The Hall–Kier alpha value is -1.75. The largest absolute Gasteiger partial charge is 0.306 e. The zero-order chi connectivity index (χ0) is 14.5. The van der Waals surface area contributed by atoms with Crippen LogP contribution in [0.15, 0.2) is 30.6 Å². The van der Waals surface area contributed by atoms with E-state index in [0.29, 0.717) is 12.1 Å². The van der Waals surface area contributed by atoms with E-state index >= 15 is 0 Å². The van der Waals surface area contributed by atoms with Gasteiger partial charge >= 0.3 is 0 Å². The smallest absolute Gasteiger partial charge is 0.126 e. The van der Waals surface area contributed by atoms with E-state index in [2.05, 4.69) is 17.3 Å². The van der Waals surface area contributed by atoms with Crippen molar-refractivity contribution < 1.29 is 8.78 Å². The zero-order valence-electron chi connectivity index (χ0n) is 11.7. The van der Waals surface area contributed by atoms with Crippen LogP contribution in [0.2, 0.25) is 0 Å². The van der Waals surface area contributed by atoms with Gasteiger partial charge in [-0.05, 0) is 30.7 Å². The molecule has 1 N–H and O–H groups in total. The van der Waals surface area contributed by atoms with Crippen molar-refractivity contribution in [1.29, 1.82) is 0 Å². The van der Waals surface area contributed by atoms with Gasteiger partial charge < -0.3 is 5.32 Å². The number of aryl methyl sites for hydroxylation is 1. The van der Waals surface area contributed by atoms with Gasteiger partial charge in [-0.3, -0.25) is 4.68 Å². The monoisotopic (exact) mass is 279 g/mol. The van der Waals surface area contributed by atoms with Crippen molar-refractivity contribution in [2.75, 3.05) is 6.54 Å². The maximum absolute atomic E-state index is 13.4. The van der Waals surface area contributed by atoms with Crippen LogP contribution in [0, 0.1) is 11.6 Å². The first-order valence-electron chi connectivity index (χ1n) is 6.85. The molecular weight excluding hydrogens is 260 g/mol. The molecule has 0 bridgehead atoms. The van der Waals surface area contributed by atoms with Crippen LogP contribution in [-0.2, 0) is 6.54 Å². The molecule has 0 spiro atoms. The van der Waals surface area contributed by atoms with Gasteiger partial charge in [-0.2, -0.15) is 5.10 Å². The van der Waals surface area contributed by atoms with Crippen LogP contribution >= 0.6 is 0 Å². The highest BCUT2D eigenvalue weighted by atomic mass is 19.1. The van der Waals surface area contributed by atoms with Crippen molar-refractivity contribution in [1.82, 2.24) is 15.1 Å². The Morgan fingerprint density at radius 1 is 1.15 bits per heavy atom. The normalized spacial score (nSPS) is 12.6. The predicted molar refractivity (Wildman–Crippen MR) is 74.4 cm³/mol.